The third-order valence-electron chi connectivity index (χ3n) is 16.5. The van der Waals surface area contributed by atoms with E-state index in [2.05, 4.69) is 34.6 Å². The maximum atomic E-state index is 12.6. The van der Waals surface area contributed by atoms with Gasteiger partial charge in [-0.15, -0.1) is 0 Å². The van der Waals surface area contributed by atoms with Crippen LogP contribution in [0.5, 0.6) is 0 Å². The Bertz CT molecular complexity index is 1360. The van der Waals surface area contributed by atoms with Gasteiger partial charge in [0.05, 0.1) is 49.3 Å². The summed E-state index contributed by atoms with van der Waals surface area (Å²) in [6, 6.07) is 0. The molecule has 10 heteroatoms. The Morgan fingerprint density at radius 2 is 1.73 bits per heavy atom. The minimum Gasteiger partial charge on any atom is -0.457 e. The van der Waals surface area contributed by atoms with Crippen molar-refractivity contribution in [1.29, 1.82) is 0 Å². The number of hydrogen-bond acceptors (Lipinski definition) is 9. The molecule has 2 bridgehead atoms. The average molecular weight is 688 g/mol. The van der Waals surface area contributed by atoms with Crippen LogP contribution < -0.4 is 0 Å². The second kappa shape index (κ2) is 11.1. The summed E-state index contributed by atoms with van der Waals surface area (Å²) in [5.74, 6) is 0.951. The Labute approximate surface area is 292 Å². The smallest absolute Gasteiger partial charge is 0.303 e. The van der Waals surface area contributed by atoms with E-state index in [0.29, 0.717) is 38.0 Å². The zero-order valence-electron chi connectivity index (χ0n) is 31.0. The summed E-state index contributed by atoms with van der Waals surface area (Å²) in [5, 5.41) is 23.6. The zero-order chi connectivity index (χ0) is 35.1. The highest BCUT2D eigenvalue weighted by molar-refractivity contribution is 5.78. The van der Waals surface area contributed by atoms with Crippen LogP contribution in [0, 0.1) is 50.7 Å². The molecule has 8 aliphatic rings. The molecule has 3 heterocycles. The summed E-state index contributed by atoms with van der Waals surface area (Å²) in [7, 11) is 0. The highest BCUT2D eigenvalue weighted by Crippen LogP contribution is 2.89. The van der Waals surface area contributed by atoms with Crippen LogP contribution in [0.15, 0.2) is 0 Å². The molecule has 3 aliphatic heterocycles. The number of esters is 1. The van der Waals surface area contributed by atoms with Crippen molar-refractivity contribution in [2.75, 3.05) is 26.3 Å². The van der Waals surface area contributed by atoms with E-state index in [9.17, 15) is 19.8 Å². The van der Waals surface area contributed by atoms with Crippen molar-refractivity contribution < 1.29 is 43.5 Å². The molecule has 276 valence electrons. The quantitative estimate of drug-likeness (QED) is 0.403. The second-order valence-electron chi connectivity index (χ2n) is 19.4. The van der Waals surface area contributed by atoms with Gasteiger partial charge in [-0.05, 0) is 111 Å². The summed E-state index contributed by atoms with van der Waals surface area (Å²) in [4.78, 5) is 26.4. The third-order valence-corrected chi connectivity index (χ3v) is 16.5. The van der Waals surface area contributed by atoms with Crippen LogP contribution >= 0.6 is 0 Å². The molecule has 8 fully saturated rings. The number of ether oxygens (including phenoxy) is 5. The van der Waals surface area contributed by atoms with Crippen molar-refractivity contribution in [2.45, 2.75) is 155 Å². The van der Waals surface area contributed by atoms with Crippen LogP contribution in [0.25, 0.3) is 0 Å². The van der Waals surface area contributed by atoms with Crippen LogP contribution in [0.3, 0.4) is 0 Å². The molecule has 2 N–H and O–H groups in total. The molecule has 0 aromatic rings. The van der Waals surface area contributed by atoms with Crippen LogP contribution in [-0.4, -0.2) is 102 Å². The minimum absolute atomic E-state index is 0.0129. The molecule has 0 aromatic carbocycles. The first kappa shape index (κ1) is 34.8. The van der Waals surface area contributed by atoms with Crippen molar-refractivity contribution in [3.05, 3.63) is 0 Å². The first-order chi connectivity index (χ1) is 22.9. The van der Waals surface area contributed by atoms with Crippen molar-refractivity contribution in [2.24, 2.45) is 50.7 Å². The zero-order valence-corrected chi connectivity index (χ0v) is 31.0. The number of hydrogen-bond donors (Lipinski definition) is 2. The Hall–Kier alpha value is -1.30. The van der Waals surface area contributed by atoms with Gasteiger partial charge in [-0.2, -0.15) is 0 Å². The number of fused-ring (bicyclic) bond motifs is 6. The molecule has 5 aliphatic carbocycles. The number of amides is 1. The number of carbonyl (C=O) groups is 2. The van der Waals surface area contributed by atoms with Crippen molar-refractivity contribution in [3.63, 3.8) is 0 Å². The van der Waals surface area contributed by atoms with E-state index in [1.807, 2.05) is 4.90 Å². The Kier molecular flexibility index (Phi) is 7.88. The van der Waals surface area contributed by atoms with Gasteiger partial charge in [0.2, 0.25) is 5.91 Å². The molecular weight excluding hydrogens is 626 g/mol. The lowest BCUT2D eigenvalue weighted by atomic mass is 9.41. The van der Waals surface area contributed by atoms with Gasteiger partial charge < -0.3 is 38.8 Å². The minimum atomic E-state index is -1.27. The fraction of sp³-hybridized carbons (Fsp3) is 0.949. The number of carbonyl (C=O) groups excluding carboxylic acids is 2. The van der Waals surface area contributed by atoms with E-state index in [4.69, 9.17) is 23.7 Å². The fourth-order valence-electron chi connectivity index (χ4n) is 14.3. The summed E-state index contributed by atoms with van der Waals surface area (Å²) < 4.78 is 31.2. The number of nitrogens with zero attached hydrogens (tertiary/aromatic N) is 1. The largest absolute Gasteiger partial charge is 0.457 e. The van der Waals surface area contributed by atoms with E-state index >= 15 is 0 Å². The van der Waals surface area contributed by atoms with Gasteiger partial charge in [0.1, 0.15) is 6.61 Å². The van der Waals surface area contributed by atoms with Crippen molar-refractivity contribution in [3.8, 4) is 0 Å². The molecule has 8 rings (SSSR count). The van der Waals surface area contributed by atoms with Gasteiger partial charge in [-0.25, -0.2) is 0 Å². The normalized spacial score (nSPS) is 52.0. The lowest BCUT2D eigenvalue weighted by Crippen LogP contribution is -2.60. The SMILES string of the molecule is CC(=O)O[C@@H]([C@H]1C[C@@H](C)[C@H]2[C@H](O1)[C@H](O)[C@@]1(C)[C@@H]3CC[C@H]4C(C)(C)[C@@H](O[C@H]5CN6C[C@@H](CO5)OCC6=O)CC[C@@]45C[C@@]35CC[C@]21C)C(C)(C)O. The van der Waals surface area contributed by atoms with Crippen LogP contribution in [0.4, 0.5) is 0 Å². The number of aliphatic hydroxyl groups is 2. The summed E-state index contributed by atoms with van der Waals surface area (Å²) in [5.41, 5.74) is -1.25. The standard InChI is InChI=1S/C39H61NO9/c1-21-15-24(33(35(5,6)44)47-22(2)41)48-31-30(21)36(7)13-14-39-20-38(39)12-11-27(49-29-17-40-16-23(18-46-29)45-19-28(40)42)34(3,4)25(38)9-10-26(39)37(36,8)32(31)43/h21,23-27,29-33,43-44H,9-20H2,1-8H3/t21-,23+,24-,25+,26+,27+,29+,30+,31+,32+,33+,36-,37-,38-,39+/m1/s1. The molecule has 0 unspecified atom stereocenters. The van der Waals surface area contributed by atoms with Gasteiger partial charge in [-0.1, -0.05) is 34.6 Å². The highest BCUT2D eigenvalue weighted by atomic mass is 16.7. The van der Waals surface area contributed by atoms with Crippen LogP contribution in [0.1, 0.15) is 107 Å². The lowest BCUT2D eigenvalue weighted by molar-refractivity contribution is -0.234. The first-order valence-corrected chi connectivity index (χ1v) is 19.3. The molecule has 0 aromatic heterocycles. The molecule has 15 atom stereocenters. The average Bonchev–Trinajstić information content (AvgIpc) is 3.69. The maximum absolute atomic E-state index is 12.6. The van der Waals surface area contributed by atoms with Crippen molar-refractivity contribution >= 4 is 11.9 Å². The van der Waals surface area contributed by atoms with Gasteiger partial charge >= 0.3 is 5.97 Å². The van der Waals surface area contributed by atoms with Gasteiger partial charge in [-0.3, -0.25) is 9.59 Å². The second-order valence-corrected chi connectivity index (χ2v) is 19.4. The first-order valence-electron chi connectivity index (χ1n) is 19.3. The Morgan fingerprint density at radius 3 is 2.45 bits per heavy atom. The molecule has 5 saturated carbocycles. The van der Waals surface area contributed by atoms with E-state index in [1.54, 1.807) is 13.8 Å². The van der Waals surface area contributed by atoms with Crippen LogP contribution in [0.2, 0.25) is 0 Å². The monoisotopic (exact) mass is 687 g/mol. The van der Waals surface area contributed by atoms with Gasteiger partial charge in [0.15, 0.2) is 12.4 Å². The predicted molar refractivity (Wildman–Crippen MR) is 179 cm³/mol. The lowest BCUT2D eigenvalue weighted by Gasteiger charge is -2.63. The van der Waals surface area contributed by atoms with Crippen LogP contribution in [-0.2, 0) is 33.3 Å². The van der Waals surface area contributed by atoms with Crippen molar-refractivity contribution in [1.82, 2.24) is 4.90 Å². The molecular formula is C39H61NO9. The molecule has 49 heavy (non-hydrogen) atoms. The van der Waals surface area contributed by atoms with E-state index in [-0.39, 0.29) is 69.7 Å². The molecule has 2 spiro atoms. The Balaban J connectivity index is 1.03. The summed E-state index contributed by atoms with van der Waals surface area (Å²) in [6.45, 7) is 18.3. The number of aliphatic hydroxyl groups excluding tert-OH is 1. The highest BCUT2D eigenvalue weighted by Gasteiger charge is 2.84. The number of morpholine rings is 1. The molecule has 1 amide bonds. The summed E-state index contributed by atoms with van der Waals surface area (Å²) in [6.07, 6.45) is 5.75. The predicted octanol–water partition coefficient (Wildman–Crippen LogP) is 4.47. The van der Waals surface area contributed by atoms with E-state index < -0.39 is 36.2 Å². The Morgan fingerprint density at radius 1 is 1.02 bits per heavy atom. The molecule has 3 saturated heterocycles. The van der Waals surface area contributed by atoms with E-state index in [1.165, 1.54) is 19.8 Å². The van der Waals surface area contributed by atoms with E-state index in [0.717, 1.165) is 32.1 Å². The molecule has 10 nitrogen and oxygen atoms in total. The topological polar surface area (TPSA) is 124 Å². The number of rotatable bonds is 5. The maximum Gasteiger partial charge on any atom is 0.303 e. The molecule has 0 radical (unpaired) electrons. The van der Waals surface area contributed by atoms with Gasteiger partial charge in [0.25, 0.3) is 0 Å². The fourth-order valence-corrected chi connectivity index (χ4v) is 14.3. The third kappa shape index (κ3) is 4.71. The van der Waals surface area contributed by atoms with Gasteiger partial charge in [0, 0.05) is 18.9 Å². The summed E-state index contributed by atoms with van der Waals surface area (Å²) >= 11 is 0.